The van der Waals surface area contributed by atoms with E-state index in [1.165, 1.54) is 79.7 Å². The predicted octanol–water partition coefficient (Wildman–Crippen LogP) is -0.397. The summed E-state index contributed by atoms with van der Waals surface area (Å²) >= 11 is 6.16. The van der Waals surface area contributed by atoms with Crippen molar-refractivity contribution in [2.45, 2.75) is 119 Å². The predicted molar refractivity (Wildman–Crippen MR) is 328 cm³/mol. The third-order valence-electron chi connectivity index (χ3n) is 13.8. The van der Waals surface area contributed by atoms with Gasteiger partial charge in [-0.25, -0.2) is 0 Å². The van der Waals surface area contributed by atoms with Crippen LogP contribution in [0, 0.1) is 0 Å². The van der Waals surface area contributed by atoms with Crippen LogP contribution in [-0.4, -0.2) is 167 Å². The molecule has 0 radical (unpaired) electrons. The van der Waals surface area contributed by atoms with Crippen molar-refractivity contribution < 1.29 is 72.8 Å². The van der Waals surface area contributed by atoms with Crippen molar-refractivity contribution in [2.24, 2.45) is 11.5 Å². The van der Waals surface area contributed by atoms with Gasteiger partial charge < -0.3 is 79.4 Å². The van der Waals surface area contributed by atoms with Crippen LogP contribution in [0.15, 0.2) is 97.1 Å². The maximum absolute atomic E-state index is 15.0. The minimum Gasteiger partial charge on any atom is -0.508 e. The summed E-state index contributed by atoms with van der Waals surface area (Å²) in [6.07, 6.45) is -2.48. The van der Waals surface area contributed by atoms with E-state index in [4.69, 9.17) is 23.1 Å². The Morgan fingerprint density at radius 3 is 1.69 bits per heavy atom. The topological polar surface area (TPSA) is 418 Å². The van der Waals surface area contributed by atoms with E-state index in [1.807, 2.05) is 0 Å². The van der Waals surface area contributed by atoms with Crippen LogP contribution in [-0.2, 0) is 78.4 Å². The van der Waals surface area contributed by atoms with E-state index in [0.717, 1.165) is 28.7 Å². The number of carbonyl (C=O) groups excluding carboxylic acids is 11. The number of aliphatic hydroxyl groups excluding tert-OH is 1. The van der Waals surface area contributed by atoms with E-state index in [2.05, 4.69) is 52.6 Å². The molecule has 0 aromatic heterocycles. The zero-order chi connectivity index (χ0) is 64.5. The average molecular weight is 1280 g/mol. The van der Waals surface area contributed by atoms with E-state index in [-0.39, 0.29) is 73.5 Å². The van der Waals surface area contributed by atoms with Gasteiger partial charge in [-0.3, -0.25) is 52.7 Å². The van der Waals surface area contributed by atoms with Gasteiger partial charge in [0, 0.05) is 54.2 Å². The third kappa shape index (κ3) is 23.3. The van der Waals surface area contributed by atoms with Crippen LogP contribution in [0.2, 0.25) is 5.02 Å². The summed E-state index contributed by atoms with van der Waals surface area (Å²) in [6.45, 7) is 1.70. The summed E-state index contributed by atoms with van der Waals surface area (Å²) in [5.74, 6) is -10.9. The number of phenolic OH excluding ortho intramolecular Hbond substituents is 2. The summed E-state index contributed by atoms with van der Waals surface area (Å²) < 4.78 is 4.68. The number of primary amides is 2. The van der Waals surface area contributed by atoms with Gasteiger partial charge in [0.2, 0.25) is 59.1 Å². The van der Waals surface area contributed by atoms with Crippen molar-refractivity contribution in [2.75, 3.05) is 32.2 Å². The molecule has 1 fully saturated rings. The monoisotopic (exact) mass is 1280 g/mol. The first kappa shape index (κ1) is 70.3. The number of nitrogens with two attached hydrogens (primary N) is 2. The summed E-state index contributed by atoms with van der Waals surface area (Å²) in [5, 5.41) is 55.5. The number of amides is 10. The number of unbranched alkanes of at least 4 members (excludes halogenated alkanes) is 1. The molecule has 1 heterocycles. The summed E-state index contributed by atoms with van der Waals surface area (Å²) in [6, 6.07) is 11.1. The van der Waals surface area contributed by atoms with Crippen LogP contribution < -0.4 is 59.3 Å². The van der Waals surface area contributed by atoms with Crippen molar-refractivity contribution in [1.82, 2.24) is 47.9 Å². The Hall–Kier alpha value is -8.44. The molecule has 0 aliphatic carbocycles. The normalized spacial score (nSPS) is 19.9. The summed E-state index contributed by atoms with van der Waals surface area (Å²) in [7, 11) is 4.64. The molecule has 474 valence electrons. The number of aromatic hydroxyl groups is 2. The lowest BCUT2D eigenvalue weighted by Gasteiger charge is -2.29. The SMILES string of the molecule is CNCCCC[C@@H]1NC(=O)[C@@H](Cc2ccc(C(N)=O)cc2)NC(=O)[C@H](Cc2ccc(O)cc2)NC(=O)[C@H](NC(=O)[C@H](Cc2ccc(Cl)cc2)NC(=O)CCC(=O)OC)CSSC[C@@H](C(=O)N[C@H](Cc2ccc(O)cc2)C(N)=O)NC(=O)C(C(C)O)NC1=O. The van der Waals surface area contributed by atoms with Crippen LogP contribution in [0.4, 0.5) is 0 Å². The molecule has 1 aliphatic heterocycles. The quantitative estimate of drug-likeness (QED) is 0.0241. The molecule has 0 bridgehead atoms. The van der Waals surface area contributed by atoms with Gasteiger partial charge in [0.15, 0.2) is 0 Å². The highest BCUT2D eigenvalue weighted by Gasteiger charge is 2.37. The Morgan fingerprint density at radius 1 is 0.636 bits per heavy atom. The Bertz CT molecular complexity index is 3070. The molecule has 4 aromatic rings. The van der Waals surface area contributed by atoms with Gasteiger partial charge in [0.25, 0.3) is 0 Å². The minimum atomic E-state index is -1.79. The molecule has 0 spiro atoms. The molecule has 29 heteroatoms. The molecule has 0 saturated carbocycles. The molecule has 10 amide bonds. The first-order valence-electron chi connectivity index (χ1n) is 28.0. The number of ether oxygens (including phenoxy) is 1. The van der Waals surface area contributed by atoms with E-state index in [1.54, 1.807) is 31.3 Å². The second kappa shape index (κ2) is 35.4. The zero-order valence-electron chi connectivity index (χ0n) is 48.5. The first-order chi connectivity index (χ1) is 41.9. The average Bonchev–Trinajstić information content (AvgIpc) is 3.52. The smallest absolute Gasteiger partial charge is 0.306 e. The lowest BCUT2D eigenvalue weighted by Crippen LogP contribution is -2.62. The first-order valence-corrected chi connectivity index (χ1v) is 30.8. The molecule has 5 rings (SSSR count). The Labute approximate surface area is 520 Å². The second-order valence-electron chi connectivity index (χ2n) is 20.7. The van der Waals surface area contributed by atoms with Crippen molar-refractivity contribution >= 4 is 98.2 Å². The third-order valence-corrected chi connectivity index (χ3v) is 16.5. The number of rotatable bonds is 24. The summed E-state index contributed by atoms with van der Waals surface area (Å²) in [5.41, 5.74) is 13.2. The largest absolute Gasteiger partial charge is 0.508 e. The lowest BCUT2D eigenvalue weighted by atomic mass is 10.00. The van der Waals surface area contributed by atoms with Crippen LogP contribution in [0.3, 0.4) is 0 Å². The highest BCUT2D eigenvalue weighted by atomic mass is 35.5. The number of esters is 1. The van der Waals surface area contributed by atoms with E-state index in [9.17, 15) is 63.3 Å². The number of carbonyl (C=O) groups is 11. The van der Waals surface area contributed by atoms with Crippen LogP contribution in [0.1, 0.15) is 71.6 Å². The molecule has 88 heavy (non-hydrogen) atoms. The maximum atomic E-state index is 15.0. The Balaban J connectivity index is 1.63. The molecular weight excluding hydrogens is 1200 g/mol. The van der Waals surface area contributed by atoms with Gasteiger partial charge in [-0.1, -0.05) is 81.7 Å². The fourth-order valence-corrected chi connectivity index (χ4v) is 11.3. The molecule has 1 aliphatic rings. The molecule has 2 unspecified atom stereocenters. The number of hydrogen-bond acceptors (Lipinski definition) is 18. The van der Waals surface area contributed by atoms with E-state index >= 15 is 4.79 Å². The molecule has 26 nitrogen and oxygen atoms in total. The van der Waals surface area contributed by atoms with E-state index < -0.39 is 119 Å². The standard InChI is InChI=1S/C59H74ClN11O15S2/c1-32(72)50-59(85)70-47(57(83)66-42(52(62)78)26-35-11-19-39(73)20-12-35)31-88-87-30-46(69-54(80)43(27-34-9-17-38(60)18-10-34)64-48(75)23-24-49(76)86-3)58(84)68-45(29-36-13-21-40(74)22-14-36)56(82)67-44(28-33-7-15-37(16-8-33)51(61)77)55(81)65-41(53(79)71-50)6-4-5-25-63-2/h7-22,32,41-47,50,63,72-74H,4-6,23-31H2,1-3H3,(H2,61,77)(H2,62,78)(H,64,75)(H,65,81)(H,66,83)(H,67,82)(H,68,84)(H,69,80)(H,70,85)(H,71,79)/t32?,41-,42+,43-,44+,45-,46+,47-,50?/m0/s1. The van der Waals surface area contributed by atoms with Crippen molar-refractivity contribution in [3.05, 3.63) is 130 Å². The van der Waals surface area contributed by atoms with Crippen molar-refractivity contribution in [1.29, 1.82) is 0 Å². The lowest BCUT2D eigenvalue weighted by molar-refractivity contribution is -0.142. The van der Waals surface area contributed by atoms with Crippen LogP contribution in [0.25, 0.3) is 0 Å². The molecular formula is C59H74ClN11O15S2. The highest BCUT2D eigenvalue weighted by Crippen LogP contribution is 2.25. The molecule has 16 N–H and O–H groups in total. The number of benzene rings is 4. The highest BCUT2D eigenvalue weighted by molar-refractivity contribution is 8.76. The van der Waals surface area contributed by atoms with Gasteiger partial charge in [0.05, 0.1) is 19.6 Å². The summed E-state index contributed by atoms with van der Waals surface area (Å²) in [4.78, 5) is 153. The van der Waals surface area contributed by atoms with Crippen molar-refractivity contribution in [3.8, 4) is 11.5 Å². The van der Waals surface area contributed by atoms with Gasteiger partial charge in [-0.05, 0) is 111 Å². The van der Waals surface area contributed by atoms with Crippen molar-refractivity contribution in [3.63, 3.8) is 0 Å². The number of methoxy groups -OCH3 is 1. The van der Waals surface area contributed by atoms with Gasteiger partial charge in [-0.2, -0.15) is 0 Å². The van der Waals surface area contributed by atoms with Gasteiger partial charge in [0.1, 0.15) is 59.8 Å². The van der Waals surface area contributed by atoms with Crippen LogP contribution >= 0.6 is 33.2 Å². The number of phenols is 2. The Morgan fingerprint density at radius 2 is 1.15 bits per heavy atom. The zero-order valence-corrected chi connectivity index (χ0v) is 50.9. The second-order valence-corrected chi connectivity index (χ2v) is 23.7. The fraction of sp³-hybridized carbons (Fsp3) is 0.407. The minimum absolute atomic E-state index is 0.0415. The van der Waals surface area contributed by atoms with Crippen LogP contribution in [0.5, 0.6) is 11.5 Å². The molecule has 1 saturated heterocycles. The molecule has 4 aromatic carbocycles. The Kier molecular flexibility index (Phi) is 28.3. The number of nitrogens with one attached hydrogen (secondary N) is 9. The maximum Gasteiger partial charge on any atom is 0.306 e. The number of hydrogen-bond donors (Lipinski definition) is 14. The van der Waals surface area contributed by atoms with Gasteiger partial charge >= 0.3 is 5.97 Å². The van der Waals surface area contributed by atoms with E-state index in [0.29, 0.717) is 46.7 Å². The number of halogens is 1. The van der Waals surface area contributed by atoms with Gasteiger partial charge in [-0.15, -0.1) is 0 Å². The molecule has 9 atom stereocenters. The fourth-order valence-electron chi connectivity index (χ4n) is 8.87. The number of aliphatic hydroxyl groups is 1.